The Kier molecular flexibility index (Phi) is 4.13. The van der Waals surface area contributed by atoms with Crippen molar-refractivity contribution in [3.8, 4) is 0 Å². The van der Waals surface area contributed by atoms with E-state index >= 15 is 0 Å². The van der Waals surface area contributed by atoms with E-state index < -0.39 is 0 Å². The van der Waals surface area contributed by atoms with Crippen LogP contribution in [0.15, 0.2) is 24.3 Å². The second-order valence-electron chi connectivity index (χ2n) is 5.05. The molecule has 0 unspecified atom stereocenters. The summed E-state index contributed by atoms with van der Waals surface area (Å²) >= 11 is 0. The van der Waals surface area contributed by atoms with Gasteiger partial charge in [0.15, 0.2) is 0 Å². The van der Waals surface area contributed by atoms with Crippen LogP contribution in [0.5, 0.6) is 0 Å². The van der Waals surface area contributed by atoms with Gasteiger partial charge in [0, 0.05) is 49.3 Å². The van der Waals surface area contributed by atoms with E-state index in [4.69, 9.17) is 0 Å². The van der Waals surface area contributed by atoms with E-state index in [9.17, 15) is 0 Å². The quantitative estimate of drug-likeness (QED) is 0.570. The SMILES string of the molecule is C1CNCCN1.c1ccc2c3c([nH]c2c1)CNCC3. The van der Waals surface area contributed by atoms with Gasteiger partial charge >= 0.3 is 0 Å². The molecular formula is C15H22N4. The number of hydrogen-bond donors (Lipinski definition) is 4. The van der Waals surface area contributed by atoms with Crippen molar-refractivity contribution < 1.29 is 0 Å². The summed E-state index contributed by atoms with van der Waals surface area (Å²) in [5, 5.41) is 11.2. The fraction of sp³-hybridized carbons (Fsp3) is 0.467. The smallest absolute Gasteiger partial charge is 0.0459 e. The molecule has 1 saturated heterocycles. The fourth-order valence-electron chi connectivity index (χ4n) is 2.72. The molecule has 0 spiro atoms. The van der Waals surface area contributed by atoms with Crippen molar-refractivity contribution in [2.45, 2.75) is 13.0 Å². The van der Waals surface area contributed by atoms with Crippen LogP contribution < -0.4 is 16.0 Å². The van der Waals surface area contributed by atoms with E-state index in [2.05, 4.69) is 45.2 Å². The van der Waals surface area contributed by atoms with Crippen molar-refractivity contribution in [1.82, 2.24) is 20.9 Å². The summed E-state index contributed by atoms with van der Waals surface area (Å²) in [6.45, 7) is 6.65. The molecule has 2 aromatic rings. The maximum absolute atomic E-state index is 3.45. The molecule has 1 aromatic heterocycles. The molecule has 0 atom stereocenters. The Bertz CT molecular complexity index is 516. The summed E-state index contributed by atoms with van der Waals surface area (Å²) in [6.07, 6.45) is 1.15. The predicted octanol–water partition coefficient (Wildman–Crippen LogP) is 0.993. The normalized spacial score (nSPS) is 18.5. The molecule has 0 saturated carbocycles. The summed E-state index contributed by atoms with van der Waals surface area (Å²) in [7, 11) is 0. The third kappa shape index (κ3) is 2.97. The van der Waals surface area contributed by atoms with Gasteiger partial charge in [-0.3, -0.25) is 0 Å². The number of hydrogen-bond acceptors (Lipinski definition) is 3. The first-order chi connectivity index (χ1) is 9.45. The minimum atomic E-state index is 0.990. The lowest BCUT2D eigenvalue weighted by Crippen LogP contribution is -2.39. The van der Waals surface area contributed by atoms with Gasteiger partial charge in [0.1, 0.15) is 0 Å². The Labute approximate surface area is 114 Å². The number of rotatable bonds is 0. The van der Waals surface area contributed by atoms with Gasteiger partial charge in [-0.1, -0.05) is 18.2 Å². The van der Waals surface area contributed by atoms with Gasteiger partial charge in [-0.05, 0) is 24.6 Å². The molecule has 2 aliphatic heterocycles. The number of aromatic nitrogens is 1. The molecule has 102 valence electrons. The van der Waals surface area contributed by atoms with Crippen LogP contribution in [0.3, 0.4) is 0 Å². The highest BCUT2D eigenvalue weighted by molar-refractivity contribution is 5.84. The Morgan fingerprint density at radius 3 is 2.26 bits per heavy atom. The minimum absolute atomic E-state index is 0.990. The Balaban J connectivity index is 0.000000155. The van der Waals surface area contributed by atoms with Crippen molar-refractivity contribution in [1.29, 1.82) is 0 Å². The molecule has 0 bridgehead atoms. The van der Waals surface area contributed by atoms with Gasteiger partial charge in [0.2, 0.25) is 0 Å². The standard InChI is InChI=1S/C11H12N2.C4H10N2/c1-2-4-10-8(3-1)9-5-6-12-7-11(9)13-10;1-2-6-4-3-5-1/h1-4,12-13H,5-7H2;5-6H,1-4H2. The average molecular weight is 258 g/mol. The summed E-state index contributed by atoms with van der Waals surface area (Å²) in [5.74, 6) is 0. The Morgan fingerprint density at radius 1 is 0.789 bits per heavy atom. The van der Waals surface area contributed by atoms with Crippen molar-refractivity contribution in [3.63, 3.8) is 0 Å². The molecule has 4 nitrogen and oxygen atoms in total. The molecule has 19 heavy (non-hydrogen) atoms. The monoisotopic (exact) mass is 258 g/mol. The van der Waals surface area contributed by atoms with E-state index in [1.807, 2.05) is 0 Å². The molecule has 0 radical (unpaired) electrons. The summed E-state index contributed by atoms with van der Waals surface area (Å²) < 4.78 is 0. The maximum atomic E-state index is 3.45. The van der Waals surface area contributed by atoms with Crippen molar-refractivity contribution in [3.05, 3.63) is 35.5 Å². The summed E-state index contributed by atoms with van der Waals surface area (Å²) in [5.41, 5.74) is 4.15. The molecule has 4 rings (SSSR count). The lowest BCUT2D eigenvalue weighted by molar-refractivity contribution is 0.534. The number of H-pyrrole nitrogens is 1. The molecule has 0 aliphatic carbocycles. The van der Waals surface area contributed by atoms with Crippen LogP contribution in [-0.4, -0.2) is 37.7 Å². The van der Waals surface area contributed by atoms with Crippen LogP contribution in [0, 0.1) is 0 Å². The molecule has 4 N–H and O–H groups in total. The average Bonchev–Trinajstić information content (AvgIpc) is 2.88. The molecule has 3 heterocycles. The Hall–Kier alpha value is -1.36. The zero-order chi connectivity index (χ0) is 12.9. The van der Waals surface area contributed by atoms with Gasteiger partial charge in [0.05, 0.1) is 0 Å². The first kappa shape index (κ1) is 12.7. The highest BCUT2D eigenvalue weighted by atomic mass is 15.0. The van der Waals surface area contributed by atoms with Crippen LogP contribution in [-0.2, 0) is 13.0 Å². The summed E-state index contributed by atoms with van der Waals surface area (Å²) in [6, 6.07) is 8.54. The second-order valence-corrected chi connectivity index (χ2v) is 5.05. The number of para-hydroxylation sites is 1. The van der Waals surface area contributed by atoms with Gasteiger partial charge in [-0.2, -0.15) is 0 Å². The van der Waals surface area contributed by atoms with Crippen molar-refractivity contribution in [2.24, 2.45) is 0 Å². The largest absolute Gasteiger partial charge is 0.357 e. The minimum Gasteiger partial charge on any atom is -0.357 e. The molecule has 1 fully saturated rings. The second kappa shape index (κ2) is 6.19. The zero-order valence-corrected chi connectivity index (χ0v) is 11.3. The highest BCUT2D eigenvalue weighted by Crippen LogP contribution is 2.24. The van der Waals surface area contributed by atoms with Crippen LogP contribution in [0.4, 0.5) is 0 Å². The Morgan fingerprint density at radius 2 is 1.53 bits per heavy atom. The summed E-state index contributed by atoms with van der Waals surface area (Å²) in [4.78, 5) is 3.45. The van der Waals surface area contributed by atoms with E-state index in [1.54, 1.807) is 0 Å². The first-order valence-corrected chi connectivity index (χ1v) is 7.16. The molecule has 0 amide bonds. The molecule has 4 heteroatoms. The number of fused-ring (bicyclic) bond motifs is 3. The van der Waals surface area contributed by atoms with Crippen molar-refractivity contribution >= 4 is 10.9 Å². The maximum Gasteiger partial charge on any atom is 0.0459 e. The van der Waals surface area contributed by atoms with Crippen LogP contribution in [0.2, 0.25) is 0 Å². The third-order valence-electron chi connectivity index (χ3n) is 3.71. The van der Waals surface area contributed by atoms with Crippen LogP contribution in [0.1, 0.15) is 11.3 Å². The van der Waals surface area contributed by atoms with Gasteiger partial charge in [-0.15, -0.1) is 0 Å². The van der Waals surface area contributed by atoms with E-state index in [0.29, 0.717) is 0 Å². The van der Waals surface area contributed by atoms with Gasteiger partial charge < -0.3 is 20.9 Å². The zero-order valence-electron chi connectivity index (χ0n) is 11.3. The van der Waals surface area contributed by atoms with E-state index in [-0.39, 0.29) is 0 Å². The number of nitrogens with one attached hydrogen (secondary N) is 4. The molecule has 2 aliphatic rings. The lowest BCUT2D eigenvalue weighted by Gasteiger charge is -2.12. The molecular weight excluding hydrogens is 236 g/mol. The van der Waals surface area contributed by atoms with E-state index in [1.165, 1.54) is 22.2 Å². The number of benzene rings is 1. The number of aromatic amines is 1. The lowest BCUT2D eigenvalue weighted by atomic mass is 10.1. The van der Waals surface area contributed by atoms with Gasteiger partial charge in [0.25, 0.3) is 0 Å². The molecule has 1 aromatic carbocycles. The van der Waals surface area contributed by atoms with Crippen LogP contribution in [0.25, 0.3) is 10.9 Å². The van der Waals surface area contributed by atoms with E-state index in [0.717, 1.165) is 45.7 Å². The predicted molar refractivity (Wildman–Crippen MR) is 79.4 cm³/mol. The van der Waals surface area contributed by atoms with Crippen LogP contribution >= 0.6 is 0 Å². The number of piperazine rings is 1. The van der Waals surface area contributed by atoms with Crippen molar-refractivity contribution in [2.75, 3.05) is 32.7 Å². The topological polar surface area (TPSA) is 51.9 Å². The first-order valence-electron chi connectivity index (χ1n) is 7.16. The third-order valence-corrected chi connectivity index (χ3v) is 3.71. The fourth-order valence-corrected chi connectivity index (χ4v) is 2.72. The highest BCUT2D eigenvalue weighted by Gasteiger charge is 2.13. The van der Waals surface area contributed by atoms with Gasteiger partial charge in [-0.25, -0.2) is 0 Å².